The van der Waals surface area contributed by atoms with Gasteiger partial charge in [0.1, 0.15) is 5.15 Å². The topological polar surface area (TPSA) is 43.8 Å². The van der Waals surface area contributed by atoms with Crippen molar-refractivity contribution in [1.29, 1.82) is 0 Å². The summed E-state index contributed by atoms with van der Waals surface area (Å²) < 4.78 is 1.75. The fourth-order valence-electron chi connectivity index (χ4n) is 1.70. The Morgan fingerprint density at radius 1 is 1.31 bits per heavy atom. The molecule has 0 radical (unpaired) electrons. The van der Waals surface area contributed by atoms with E-state index < -0.39 is 0 Å². The zero-order valence-corrected chi connectivity index (χ0v) is 9.91. The quantitative estimate of drug-likeness (QED) is 0.888. The Balaban J connectivity index is 2.47. The van der Waals surface area contributed by atoms with Crippen LogP contribution in [0, 0.1) is 6.92 Å². The van der Waals surface area contributed by atoms with Crippen molar-refractivity contribution in [2.24, 2.45) is 5.73 Å². The van der Waals surface area contributed by atoms with Crippen LogP contribution in [-0.2, 0) is 6.42 Å². The van der Waals surface area contributed by atoms with E-state index >= 15 is 0 Å². The van der Waals surface area contributed by atoms with Crippen LogP contribution in [0.1, 0.15) is 11.3 Å². The maximum absolute atomic E-state index is 6.29. The number of nitrogens with two attached hydrogens (primary N) is 1. The fourth-order valence-corrected chi connectivity index (χ4v) is 2.07. The third-order valence-electron chi connectivity index (χ3n) is 2.52. The van der Waals surface area contributed by atoms with Crippen molar-refractivity contribution in [3.8, 4) is 5.69 Å². The van der Waals surface area contributed by atoms with Crippen molar-refractivity contribution in [2.45, 2.75) is 13.3 Å². The normalized spacial score (nSPS) is 10.7. The number of nitrogens with zero attached hydrogens (tertiary/aromatic N) is 2. The fraction of sp³-hybridized carbons (Fsp3) is 0.250. The molecular weight excluding hydrogens is 222 g/mol. The predicted molar refractivity (Wildman–Crippen MR) is 66.1 cm³/mol. The largest absolute Gasteiger partial charge is 0.330 e. The van der Waals surface area contributed by atoms with Crippen LogP contribution in [0.5, 0.6) is 0 Å². The third-order valence-corrected chi connectivity index (χ3v) is 2.91. The number of aryl methyl sites for hydroxylation is 1. The number of hydrogen-bond acceptors (Lipinski definition) is 2. The molecule has 4 heteroatoms. The minimum atomic E-state index is 0.584. The lowest BCUT2D eigenvalue weighted by molar-refractivity contribution is 0.863. The van der Waals surface area contributed by atoms with Gasteiger partial charge in [0.25, 0.3) is 0 Å². The van der Waals surface area contributed by atoms with E-state index in [2.05, 4.69) is 5.10 Å². The van der Waals surface area contributed by atoms with Crippen molar-refractivity contribution >= 4 is 11.6 Å². The lowest BCUT2D eigenvalue weighted by Crippen LogP contribution is -2.03. The van der Waals surface area contributed by atoms with E-state index in [9.17, 15) is 0 Å². The molecule has 0 unspecified atom stereocenters. The summed E-state index contributed by atoms with van der Waals surface area (Å²) in [6.07, 6.45) is 0.761. The van der Waals surface area contributed by atoms with Gasteiger partial charge in [-0.05, 0) is 32.0 Å². The van der Waals surface area contributed by atoms with E-state index in [1.54, 1.807) is 4.68 Å². The van der Waals surface area contributed by atoms with Gasteiger partial charge >= 0.3 is 0 Å². The lowest BCUT2D eigenvalue weighted by Gasteiger charge is -2.02. The van der Waals surface area contributed by atoms with E-state index in [4.69, 9.17) is 17.3 Å². The van der Waals surface area contributed by atoms with E-state index in [1.165, 1.54) is 0 Å². The van der Waals surface area contributed by atoms with Gasteiger partial charge in [-0.25, -0.2) is 4.68 Å². The summed E-state index contributed by atoms with van der Waals surface area (Å²) in [6.45, 7) is 2.54. The first-order chi connectivity index (χ1) is 7.74. The number of benzene rings is 1. The van der Waals surface area contributed by atoms with E-state index in [-0.39, 0.29) is 0 Å². The Hall–Kier alpha value is -1.32. The highest BCUT2D eigenvalue weighted by Crippen LogP contribution is 2.23. The maximum Gasteiger partial charge on any atom is 0.136 e. The summed E-state index contributed by atoms with van der Waals surface area (Å²) in [7, 11) is 0. The molecule has 0 bridgehead atoms. The summed E-state index contributed by atoms with van der Waals surface area (Å²) in [5.41, 5.74) is 8.50. The smallest absolute Gasteiger partial charge is 0.136 e. The van der Waals surface area contributed by atoms with Gasteiger partial charge in [0, 0.05) is 5.56 Å². The molecule has 3 nitrogen and oxygen atoms in total. The first kappa shape index (κ1) is 11.2. The van der Waals surface area contributed by atoms with Crippen molar-refractivity contribution in [1.82, 2.24) is 9.78 Å². The minimum Gasteiger partial charge on any atom is -0.330 e. The average molecular weight is 236 g/mol. The molecule has 0 atom stereocenters. The third kappa shape index (κ3) is 1.96. The van der Waals surface area contributed by atoms with Gasteiger partial charge in [0.15, 0.2) is 0 Å². The van der Waals surface area contributed by atoms with Crippen LogP contribution in [-0.4, -0.2) is 16.3 Å². The van der Waals surface area contributed by atoms with Gasteiger partial charge in [-0.1, -0.05) is 29.8 Å². The Morgan fingerprint density at radius 2 is 2.00 bits per heavy atom. The summed E-state index contributed by atoms with van der Waals surface area (Å²) in [5, 5.41) is 5.09. The standard InChI is InChI=1S/C12H14ClN3/c1-9-11(7-8-14)12(13)16(15-9)10-5-3-2-4-6-10/h2-6H,7-8,14H2,1H3. The SMILES string of the molecule is Cc1nn(-c2ccccc2)c(Cl)c1CCN. The number of hydrogen-bond donors (Lipinski definition) is 1. The molecule has 0 aliphatic carbocycles. The van der Waals surface area contributed by atoms with Gasteiger partial charge in [-0.15, -0.1) is 0 Å². The second-order valence-corrected chi connectivity index (χ2v) is 4.00. The van der Waals surface area contributed by atoms with Crippen LogP contribution >= 0.6 is 11.6 Å². The zero-order valence-electron chi connectivity index (χ0n) is 9.15. The number of para-hydroxylation sites is 1. The van der Waals surface area contributed by atoms with Gasteiger partial charge < -0.3 is 5.73 Å². The van der Waals surface area contributed by atoms with Gasteiger partial charge in [-0.3, -0.25) is 0 Å². The molecule has 1 heterocycles. The number of rotatable bonds is 3. The Labute approximate surface area is 99.8 Å². The molecule has 2 rings (SSSR count). The van der Waals surface area contributed by atoms with Crippen molar-refractivity contribution in [3.05, 3.63) is 46.7 Å². The number of aromatic nitrogens is 2. The van der Waals surface area contributed by atoms with Crippen LogP contribution in [0.25, 0.3) is 5.69 Å². The summed E-state index contributed by atoms with van der Waals surface area (Å²) >= 11 is 6.29. The second kappa shape index (κ2) is 4.68. The maximum atomic E-state index is 6.29. The molecule has 1 aromatic heterocycles. The predicted octanol–water partition coefficient (Wildman–Crippen LogP) is 2.34. The van der Waals surface area contributed by atoms with E-state index in [0.717, 1.165) is 23.4 Å². The average Bonchev–Trinajstić information content (AvgIpc) is 2.59. The Morgan fingerprint density at radius 3 is 2.62 bits per heavy atom. The van der Waals surface area contributed by atoms with Crippen molar-refractivity contribution in [3.63, 3.8) is 0 Å². The molecule has 0 amide bonds. The molecule has 1 aromatic carbocycles. The highest BCUT2D eigenvalue weighted by Gasteiger charge is 2.13. The molecule has 0 saturated heterocycles. The first-order valence-electron chi connectivity index (χ1n) is 5.23. The zero-order chi connectivity index (χ0) is 11.5. The first-order valence-corrected chi connectivity index (χ1v) is 5.61. The molecule has 84 valence electrons. The molecule has 0 aliphatic rings. The minimum absolute atomic E-state index is 0.584. The molecule has 2 N–H and O–H groups in total. The van der Waals surface area contributed by atoms with Crippen LogP contribution in [0.3, 0.4) is 0 Å². The summed E-state index contributed by atoms with van der Waals surface area (Å²) in [4.78, 5) is 0. The Kier molecular flexibility index (Phi) is 3.27. The van der Waals surface area contributed by atoms with Gasteiger partial charge in [-0.2, -0.15) is 5.10 Å². The Bertz CT molecular complexity index is 477. The van der Waals surface area contributed by atoms with Crippen LogP contribution in [0.4, 0.5) is 0 Å². The molecule has 0 saturated carbocycles. The second-order valence-electron chi connectivity index (χ2n) is 3.64. The molecule has 0 spiro atoms. The summed E-state index contributed by atoms with van der Waals surface area (Å²) in [6, 6.07) is 9.85. The van der Waals surface area contributed by atoms with Crippen molar-refractivity contribution < 1.29 is 0 Å². The molecular formula is C12H14ClN3. The highest BCUT2D eigenvalue weighted by molar-refractivity contribution is 6.30. The van der Waals surface area contributed by atoms with Crippen molar-refractivity contribution in [2.75, 3.05) is 6.54 Å². The highest BCUT2D eigenvalue weighted by atomic mass is 35.5. The number of halogens is 1. The lowest BCUT2D eigenvalue weighted by atomic mass is 10.2. The van der Waals surface area contributed by atoms with E-state index in [1.807, 2.05) is 37.3 Å². The molecule has 16 heavy (non-hydrogen) atoms. The molecule has 2 aromatic rings. The molecule has 0 fully saturated rings. The monoisotopic (exact) mass is 235 g/mol. The van der Waals surface area contributed by atoms with Gasteiger partial charge in [0.05, 0.1) is 11.4 Å². The van der Waals surface area contributed by atoms with E-state index in [0.29, 0.717) is 11.7 Å². The van der Waals surface area contributed by atoms with Crippen LogP contribution in [0.2, 0.25) is 5.15 Å². The van der Waals surface area contributed by atoms with Crippen LogP contribution in [0.15, 0.2) is 30.3 Å². The van der Waals surface area contributed by atoms with Gasteiger partial charge in [0.2, 0.25) is 0 Å². The van der Waals surface area contributed by atoms with Crippen LogP contribution < -0.4 is 5.73 Å². The molecule has 0 aliphatic heterocycles. The summed E-state index contributed by atoms with van der Waals surface area (Å²) in [5.74, 6) is 0.